The Morgan fingerprint density at radius 2 is 1.89 bits per heavy atom. The molecule has 2 atom stereocenters. The summed E-state index contributed by atoms with van der Waals surface area (Å²) in [4.78, 5) is 23.2. The number of hydrogen-bond acceptors (Lipinski definition) is 5. The van der Waals surface area contributed by atoms with Crippen LogP contribution in [-0.4, -0.2) is 70.2 Å². The number of nitrogens with zero attached hydrogens (tertiary/aromatic N) is 3. The summed E-state index contributed by atoms with van der Waals surface area (Å²) in [6.07, 6.45) is 3.16. The van der Waals surface area contributed by atoms with Gasteiger partial charge in [-0.2, -0.15) is 0 Å². The Kier molecular flexibility index (Phi) is 6.29. The number of methoxy groups -OCH3 is 2. The topological polar surface area (TPSA) is 81.3 Å². The summed E-state index contributed by atoms with van der Waals surface area (Å²) in [5.41, 5.74) is 5.85. The molecule has 1 spiro atoms. The molecule has 5 rings (SSSR count). The Labute approximate surface area is 213 Å². The van der Waals surface area contributed by atoms with Gasteiger partial charge in [0.05, 0.1) is 26.3 Å². The maximum absolute atomic E-state index is 13.8. The first-order valence-electron chi connectivity index (χ1n) is 12.9. The van der Waals surface area contributed by atoms with Crippen LogP contribution in [0, 0.1) is 13.8 Å². The first-order valence-corrected chi connectivity index (χ1v) is 12.9. The predicted molar refractivity (Wildman–Crippen MR) is 138 cm³/mol. The van der Waals surface area contributed by atoms with Gasteiger partial charge in [0.2, 0.25) is 0 Å². The number of ether oxygens (including phenoxy) is 2. The summed E-state index contributed by atoms with van der Waals surface area (Å²) < 4.78 is 11.3. The van der Waals surface area contributed by atoms with Crippen molar-refractivity contribution in [1.29, 1.82) is 0 Å². The SMILES string of the molecule is CCN1C(=O)N2Cc3cc(OC)cc(OC)c3C(C)C=C2C12CCN(C(O)c1cc(C)[nH]c1C)CC2. The molecule has 194 valence electrons. The molecule has 0 saturated carbocycles. The fourth-order valence-electron chi connectivity index (χ4n) is 6.61. The molecule has 2 N–H and O–H groups in total. The monoisotopic (exact) mass is 494 g/mol. The van der Waals surface area contributed by atoms with Crippen molar-refractivity contribution in [2.24, 2.45) is 0 Å². The second-order valence-electron chi connectivity index (χ2n) is 10.3. The molecule has 1 aromatic heterocycles. The molecule has 2 aromatic rings. The van der Waals surface area contributed by atoms with Crippen molar-refractivity contribution in [1.82, 2.24) is 19.7 Å². The van der Waals surface area contributed by atoms with E-state index in [1.54, 1.807) is 14.2 Å². The van der Waals surface area contributed by atoms with Crippen molar-refractivity contribution in [3.05, 3.63) is 58.1 Å². The summed E-state index contributed by atoms with van der Waals surface area (Å²) in [7, 11) is 3.33. The molecule has 4 heterocycles. The standard InChI is InChI=1S/C28H38N4O4/c1-7-32-27(34)31-16-20-14-21(35-5)15-23(36-6)25(20)17(2)12-24(31)28(32)8-10-30(11-9-28)26(33)22-13-18(3)29-19(22)4/h12-15,17,26,29,33H,7-11,16H2,1-6H3. The van der Waals surface area contributed by atoms with E-state index in [4.69, 9.17) is 9.47 Å². The lowest BCUT2D eigenvalue weighted by Crippen LogP contribution is -2.54. The Hall–Kier alpha value is -2.97. The van der Waals surface area contributed by atoms with Gasteiger partial charge in [-0.3, -0.25) is 9.80 Å². The zero-order chi connectivity index (χ0) is 25.8. The Bertz CT molecular complexity index is 1190. The largest absolute Gasteiger partial charge is 0.497 e. The van der Waals surface area contributed by atoms with Crippen molar-refractivity contribution in [3.63, 3.8) is 0 Å². The van der Waals surface area contributed by atoms with Gasteiger partial charge in [-0.05, 0) is 51.3 Å². The molecule has 0 aliphatic carbocycles. The number of allylic oxidation sites excluding steroid dienone is 1. The van der Waals surface area contributed by atoms with Crippen LogP contribution in [0.3, 0.4) is 0 Å². The first-order chi connectivity index (χ1) is 17.2. The fourth-order valence-corrected chi connectivity index (χ4v) is 6.61. The van der Waals surface area contributed by atoms with Gasteiger partial charge in [0, 0.05) is 59.8 Å². The number of piperidine rings is 1. The number of carbonyl (C=O) groups is 1. The third kappa shape index (κ3) is 3.69. The minimum Gasteiger partial charge on any atom is -0.497 e. The molecule has 36 heavy (non-hydrogen) atoms. The number of benzene rings is 1. The van der Waals surface area contributed by atoms with Gasteiger partial charge in [0.15, 0.2) is 0 Å². The van der Waals surface area contributed by atoms with Crippen LogP contribution in [-0.2, 0) is 6.54 Å². The smallest absolute Gasteiger partial charge is 0.325 e. The van der Waals surface area contributed by atoms with Crippen molar-refractivity contribution >= 4 is 6.03 Å². The third-order valence-corrected chi connectivity index (χ3v) is 8.35. The highest BCUT2D eigenvalue weighted by Gasteiger charge is 2.55. The second kappa shape index (κ2) is 9.16. The number of amides is 2. The number of hydrogen-bond donors (Lipinski definition) is 2. The summed E-state index contributed by atoms with van der Waals surface area (Å²) in [5, 5.41) is 11.2. The van der Waals surface area contributed by atoms with E-state index < -0.39 is 6.23 Å². The van der Waals surface area contributed by atoms with Crippen LogP contribution in [0.5, 0.6) is 11.5 Å². The van der Waals surface area contributed by atoms with Gasteiger partial charge < -0.3 is 24.5 Å². The first kappa shape index (κ1) is 24.7. The number of H-pyrrole nitrogens is 1. The van der Waals surface area contributed by atoms with Crippen LogP contribution < -0.4 is 9.47 Å². The van der Waals surface area contributed by atoms with Gasteiger partial charge in [-0.15, -0.1) is 0 Å². The van der Waals surface area contributed by atoms with E-state index in [9.17, 15) is 9.90 Å². The average Bonchev–Trinajstić information content (AvgIpc) is 3.24. The Balaban J connectivity index is 1.48. The summed E-state index contributed by atoms with van der Waals surface area (Å²) >= 11 is 0. The number of aliphatic hydroxyl groups is 1. The molecule has 3 aliphatic rings. The minimum absolute atomic E-state index is 0.0525. The van der Waals surface area contributed by atoms with E-state index in [1.807, 2.05) is 41.8 Å². The molecular weight excluding hydrogens is 456 g/mol. The molecule has 3 aliphatic heterocycles. The molecule has 0 bridgehead atoms. The molecule has 0 radical (unpaired) electrons. The zero-order valence-electron chi connectivity index (χ0n) is 22.2. The molecule has 2 saturated heterocycles. The van der Waals surface area contributed by atoms with E-state index in [0.717, 1.165) is 58.1 Å². The number of likely N-dealkylation sites (tertiary alicyclic amines) is 1. The van der Waals surface area contributed by atoms with Crippen molar-refractivity contribution in [2.75, 3.05) is 33.9 Å². The van der Waals surface area contributed by atoms with E-state index in [0.29, 0.717) is 26.2 Å². The quantitative estimate of drug-likeness (QED) is 0.643. The third-order valence-electron chi connectivity index (χ3n) is 8.35. The zero-order valence-corrected chi connectivity index (χ0v) is 22.2. The van der Waals surface area contributed by atoms with Crippen molar-refractivity contribution in [2.45, 2.75) is 64.8 Å². The van der Waals surface area contributed by atoms with Gasteiger partial charge in [0.1, 0.15) is 17.7 Å². The van der Waals surface area contributed by atoms with Crippen LogP contribution in [0.2, 0.25) is 0 Å². The van der Waals surface area contributed by atoms with E-state index in [2.05, 4.69) is 29.8 Å². The van der Waals surface area contributed by atoms with E-state index >= 15 is 0 Å². The normalized spacial score (nSPS) is 22.2. The van der Waals surface area contributed by atoms with E-state index in [1.165, 1.54) is 0 Å². The number of aryl methyl sites for hydroxylation is 2. The maximum atomic E-state index is 13.8. The highest BCUT2D eigenvalue weighted by atomic mass is 16.5. The number of nitrogens with one attached hydrogen (secondary N) is 1. The van der Waals surface area contributed by atoms with Crippen LogP contribution in [0.1, 0.15) is 66.9 Å². The number of fused-ring (bicyclic) bond motifs is 3. The summed E-state index contributed by atoms with van der Waals surface area (Å²) in [5.74, 6) is 1.60. The predicted octanol–water partition coefficient (Wildman–Crippen LogP) is 4.43. The maximum Gasteiger partial charge on any atom is 0.325 e. The van der Waals surface area contributed by atoms with Crippen LogP contribution >= 0.6 is 0 Å². The molecular formula is C28H38N4O4. The van der Waals surface area contributed by atoms with E-state index in [-0.39, 0.29) is 17.5 Å². The molecule has 2 amide bonds. The van der Waals surface area contributed by atoms with Crippen LogP contribution in [0.4, 0.5) is 4.79 Å². The van der Waals surface area contributed by atoms with Gasteiger partial charge in [-0.1, -0.05) is 13.0 Å². The minimum atomic E-state index is -0.654. The fraction of sp³-hybridized carbons (Fsp3) is 0.536. The summed E-state index contributed by atoms with van der Waals surface area (Å²) in [6, 6.07) is 6.03. The number of likely N-dealkylation sites (N-methyl/N-ethyl adjacent to an activating group) is 1. The van der Waals surface area contributed by atoms with Crippen molar-refractivity contribution in [3.8, 4) is 11.5 Å². The second-order valence-corrected chi connectivity index (χ2v) is 10.3. The average molecular weight is 495 g/mol. The van der Waals surface area contributed by atoms with Crippen LogP contribution in [0.15, 0.2) is 30.0 Å². The number of urea groups is 1. The van der Waals surface area contributed by atoms with Gasteiger partial charge in [-0.25, -0.2) is 4.79 Å². The number of carbonyl (C=O) groups excluding carboxylic acids is 1. The lowest BCUT2D eigenvalue weighted by molar-refractivity contribution is -0.0333. The lowest BCUT2D eigenvalue weighted by Gasteiger charge is -2.45. The number of rotatable bonds is 5. The number of aromatic amines is 1. The van der Waals surface area contributed by atoms with Gasteiger partial charge in [0.25, 0.3) is 0 Å². The number of aliphatic hydroxyl groups excluding tert-OH is 1. The Morgan fingerprint density at radius 1 is 1.17 bits per heavy atom. The lowest BCUT2D eigenvalue weighted by atomic mass is 9.81. The molecule has 2 fully saturated rings. The van der Waals surface area contributed by atoms with Crippen LogP contribution in [0.25, 0.3) is 0 Å². The van der Waals surface area contributed by atoms with Crippen molar-refractivity contribution < 1.29 is 19.4 Å². The molecule has 8 nitrogen and oxygen atoms in total. The van der Waals surface area contributed by atoms with Gasteiger partial charge >= 0.3 is 6.03 Å². The molecule has 2 unspecified atom stereocenters. The molecule has 1 aromatic carbocycles. The number of aromatic nitrogens is 1. The molecule has 8 heteroatoms. The Morgan fingerprint density at radius 3 is 2.47 bits per heavy atom. The highest BCUT2D eigenvalue weighted by Crippen LogP contribution is 2.49. The summed E-state index contributed by atoms with van der Waals surface area (Å²) in [6.45, 7) is 10.8. The highest BCUT2D eigenvalue weighted by molar-refractivity contribution is 5.83.